The van der Waals surface area contributed by atoms with E-state index in [2.05, 4.69) is 386 Å². The average molecular weight is 1230 g/mol. The lowest BCUT2D eigenvalue weighted by molar-refractivity contribution is 0.660. The summed E-state index contributed by atoms with van der Waals surface area (Å²) in [6, 6.07) is 126. The maximum atomic E-state index is 2.50. The van der Waals surface area contributed by atoms with Gasteiger partial charge in [-0.1, -0.05) is 244 Å². The van der Waals surface area contributed by atoms with Crippen molar-refractivity contribution >= 4 is 77.8 Å². The number of fused-ring (bicyclic) bond motifs is 9. The molecule has 2 aliphatic rings. The molecule has 0 aromatic heterocycles. The molecule has 0 saturated carbocycles. The number of hydrogen-bond donors (Lipinski definition) is 0. The van der Waals surface area contributed by atoms with Crippen LogP contribution >= 0.6 is 0 Å². The third-order valence-corrected chi connectivity index (χ3v) is 19.8. The molecular weight excluding hydrogens is 1160 g/mol. The van der Waals surface area contributed by atoms with E-state index >= 15 is 0 Å². The van der Waals surface area contributed by atoms with E-state index < -0.39 is 0 Å². The summed E-state index contributed by atoms with van der Waals surface area (Å²) in [6.07, 6.45) is 8.99. The number of anilines is 8. The monoisotopic (exact) mass is 1230 g/mol. The van der Waals surface area contributed by atoms with Gasteiger partial charge in [0.1, 0.15) is 0 Å². The smallest absolute Gasteiger partial charge is 0.0462 e. The molecule has 0 amide bonds. The van der Waals surface area contributed by atoms with Crippen molar-refractivity contribution in [2.24, 2.45) is 0 Å². The number of rotatable bonds is 14. The summed E-state index contributed by atoms with van der Waals surface area (Å²) in [4.78, 5) is 7.08. The van der Waals surface area contributed by atoms with Crippen molar-refractivity contribution in [1.82, 2.24) is 0 Å². The molecule has 0 atom stereocenters. The minimum absolute atomic E-state index is 0.151. The molecular formula is C93H69N3. The number of nitrogens with zero attached hydrogens (tertiary/aromatic N) is 3. The number of allylic oxidation sites excluding steroid dienone is 3. The van der Waals surface area contributed by atoms with Gasteiger partial charge in [-0.15, -0.1) is 0 Å². The fourth-order valence-electron chi connectivity index (χ4n) is 15.2. The molecule has 15 aromatic carbocycles. The maximum absolute atomic E-state index is 2.50. The second-order valence-electron chi connectivity index (χ2n) is 25.8. The standard InChI is InChI=1S/C93H69N3/c1-93(2)88-41-25-24-40-80(88)81-57-48-70(62-89(81)93)69-50-59-83-87(61-69)86-60-68(64-42-51-77(52-43-64)94(71-28-12-4-13-29-71)72-30-14-5-15-31-72)49-58-82(86)91-85(66-44-53-78(54-45-66)95(73-32-16-6-17-33-73)74-34-18-7-19-35-74)63-84(65-26-10-3-11-27-65)90(92(83)91)67-46-55-79(56-47-67)96(75-36-20-8-21-37-75)76-38-22-9-23-39-76/h3-6,8-18,20-63H,7,19H2,1-2H3. The lowest BCUT2D eigenvalue weighted by atomic mass is 9.80. The summed E-state index contributed by atoms with van der Waals surface area (Å²) < 4.78 is 0. The fraction of sp³-hybridized carbons (Fsp3) is 0.0538. The van der Waals surface area contributed by atoms with Gasteiger partial charge in [-0.2, -0.15) is 0 Å². The summed E-state index contributed by atoms with van der Waals surface area (Å²) >= 11 is 0. The first kappa shape index (κ1) is 57.8. The van der Waals surface area contributed by atoms with Crippen LogP contribution in [0.5, 0.6) is 0 Å². The van der Waals surface area contributed by atoms with Crippen LogP contribution in [0.1, 0.15) is 37.8 Å². The van der Waals surface area contributed by atoms with Crippen LogP contribution < -0.4 is 14.7 Å². The molecule has 0 radical (unpaired) electrons. The Hall–Kier alpha value is -12.0. The highest BCUT2D eigenvalue weighted by Gasteiger charge is 2.35. The first-order chi connectivity index (χ1) is 47.4. The molecule has 0 saturated heterocycles. The second-order valence-corrected chi connectivity index (χ2v) is 25.8. The molecule has 0 heterocycles. The molecule has 0 bridgehead atoms. The summed E-state index contributed by atoms with van der Waals surface area (Å²) in [7, 11) is 0. The Kier molecular flexibility index (Phi) is 14.7. The summed E-state index contributed by atoms with van der Waals surface area (Å²) in [5.74, 6) is 0. The maximum Gasteiger partial charge on any atom is 0.0462 e. The second kappa shape index (κ2) is 24.5. The van der Waals surface area contributed by atoms with Crippen LogP contribution in [0.4, 0.5) is 45.5 Å². The first-order valence-corrected chi connectivity index (χ1v) is 33.5. The van der Waals surface area contributed by atoms with Crippen LogP contribution in [0.15, 0.2) is 364 Å². The predicted molar refractivity (Wildman–Crippen MR) is 408 cm³/mol. The van der Waals surface area contributed by atoms with E-state index in [4.69, 9.17) is 0 Å². The van der Waals surface area contributed by atoms with Gasteiger partial charge in [0.05, 0.1) is 0 Å². The first-order valence-electron chi connectivity index (χ1n) is 33.5. The minimum atomic E-state index is -0.151. The lowest BCUT2D eigenvalue weighted by Crippen LogP contribution is -2.16. The van der Waals surface area contributed by atoms with Gasteiger partial charge in [-0.05, 0) is 250 Å². The topological polar surface area (TPSA) is 9.72 Å². The van der Waals surface area contributed by atoms with Crippen LogP contribution in [0, 0.1) is 0 Å². The zero-order chi connectivity index (χ0) is 64.1. The lowest BCUT2D eigenvalue weighted by Gasteiger charge is -2.28. The Morgan fingerprint density at radius 3 is 1.16 bits per heavy atom. The van der Waals surface area contributed by atoms with E-state index in [1.165, 1.54) is 88.1 Å². The van der Waals surface area contributed by atoms with Crippen LogP contribution in [0.25, 0.3) is 99.1 Å². The third kappa shape index (κ3) is 10.3. The Morgan fingerprint density at radius 2 is 0.635 bits per heavy atom. The van der Waals surface area contributed by atoms with Crippen molar-refractivity contribution in [3.8, 4) is 66.8 Å². The highest BCUT2D eigenvalue weighted by molar-refractivity contribution is 6.33. The van der Waals surface area contributed by atoms with Gasteiger partial charge in [-0.25, -0.2) is 0 Å². The highest BCUT2D eigenvalue weighted by atomic mass is 15.2. The van der Waals surface area contributed by atoms with Crippen molar-refractivity contribution in [3.05, 3.63) is 375 Å². The van der Waals surface area contributed by atoms with E-state index in [1.807, 2.05) is 0 Å². The summed E-state index contributed by atoms with van der Waals surface area (Å²) in [6.45, 7) is 4.76. The van der Waals surface area contributed by atoms with Crippen molar-refractivity contribution in [1.29, 1.82) is 0 Å². The summed E-state index contributed by atoms with van der Waals surface area (Å²) in [5, 5.41) is 7.22. The van der Waals surface area contributed by atoms with E-state index in [0.29, 0.717) is 0 Å². The van der Waals surface area contributed by atoms with Gasteiger partial charge >= 0.3 is 0 Å². The van der Waals surface area contributed by atoms with Crippen molar-refractivity contribution < 1.29 is 0 Å². The molecule has 0 aliphatic heterocycles. The van der Waals surface area contributed by atoms with E-state index in [1.54, 1.807) is 0 Å². The third-order valence-electron chi connectivity index (χ3n) is 19.8. The van der Waals surface area contributed by atoms with E-state index in [-0.39, 0.29) is 5.41 Å². The molecule has 17 rings (SSSR count). The van der Waals surface area contributed by atoms with Crippen LogP contribution in [0.2, 0.25) is 0 Å². The van der Waals surface area contributed by atoms with Gasteiger partial charge < -0.3 is 14.7 Å². The predicted octanol–water partition coefficient (Wildman–Crippen LogP) is 26.1. The zero-order valence-corrected chi connectivity index (χ0v) is 53.8. The normalized spacial score (nSPS) is 12.9. The Labute approximate surface area is 562 Å². The Balaban J connectivity index is 0.930. The van der Waals surface area contributed by atoms with Crippen molar-refractivity contribution in [2.75, 3.05) is 14.7 Å². The molecule has 3 nitrogen and oxygen atoms in total. The quantitative estimate of drug-likeness (QED) is 0.100. The zero-order valence-electron chi connectivity index (χ0n) is 53.8. The Morgan fingerprint density at radius 1 is 0.250 bits per heavy atom. The largest absolute Gasteiger partial charge is 0.311 e. The molecule has 0 spiro atoms. The van der Waals surface area contributed by atoms with Gasteiger partial charge in [0.2, 0.25) is 0 Å². The van der Waals surface area contributed by atoms with E-state index in [9.17, 15) is 0 Å². The van der Waals surface area contributed by atoms with Gasteiger partial charge in [-0.3, -0.25) is 0 Å². The molecule has 0 unspecified atom stereocenters. The molecule has 0 N–H and O–H groups in total. The van der Waals surface area contributed by atoms with Gasteiger partial charge in [0, 0.05) is 56.6 Å². The van der Waals surface area contributed by atoms with Gasteiger partial charge in [0.25, 0.3) is 0 Å². The fourth-order valence-corrected chi connectivity index (χ4v) is 15.2. The molecule has 456 valence electrons. The SMILES string of the molecule is CC1(C)c2ccccc2-c2ccc(-c3ccc4c(c3)c3cc(-c5ccc(N(c6ccccc6)c6ccccc6)cc5)ccc3c3c(-c5ccc(N(C6=CCCC=C6)c6ccccc6)cc5)cc(-c5ccccc5)c(-c5ccc(N(c6ccccc6)c6ccccc6)cc5)c43)cc21. The van der Waals surface area contributed by atoms with E-state index in [0.717, 1.165) is 86.2 Å². The van der Waals surface area contributed by atoms with Crippen molar-refractivity contribution in [3.63, 3.8) is 0 Å². The number of benzene rings is 15. The minimum Gasteiger partial charge on any atom is -0.311 e. The summed E-state index contributed by atoms with van der Waals surface area (Å²) in [5.41, 5.74) is 26.9. The molecule has 0 fully saturated rings. The Bertz CT molecular complexity index is 5350. The van der Waals surface area contributed by atoms with Crippen LogP contribution in [0.3, 0.4) is 0 Å². The molecule has 2 aliphatic carbocycles. The molecule has 3 heteroatoms. The average Bonchev–Trinajstić information content (AvgIpc) is 1.20. The highest BCUT2D eigenvalue weighted by Crippen LogP contribution is 2.53. The van der Waals surface area contributed by atoms with Crippen LogP contribution in [-0.2, 0) is 5.41 Å². The molecule has 15 aromatic rings. The molecule has 96 heavy (non-hydrogen) atoms. The number of hydrogen-bond acceptors (Lipinski definition) is 3. The van der Waals surface area contributed by atoms with Crippen molar-refractivity contribution in [2.45, 2.75) is 32.1 Å². The number of para-hydroxylation sites is 5. The van der Waals surface area contributed by atoms with Crippen LogP contribution in [-0.4, -0.2) is 0 Å². The van der Waals surface area contributed by atoms with Gasteiger partial charge in [0.15, 0.2) is 0 Å².